The fourth-order valence-electron chi connectivity index (χ4n) is 1.91. The molecule has 0 fully saturated rings. The molecule has 0 unspecified atom stereocenters. The molecule has 0 saturated heterocycles. The van der Waals surface area contributed by atoms with Crippen molar-refractivity contribution >= 4 is 5.57 Å². The van der Waals surface area contributed by atoms with Gasteiger partial charge in [0.25, 0.3) is 0 Å². The number of hydrogen-bond donors (Lipinski definition) is 0. The maximum Gasteiger partial charge on any atom is 0.191 e. The number of allylic oxidation sites excluding steroid dienone is 2. The van der Waals surface area contributed by atoms with Gasteiger partial charge in [0.2, 0.25) is 0 Å². The molecule has 1 aromatic carbocycles. The van der Waals surface area contributed by atoms with Gasteiger partial charge in [-0.1, -0.05) is 42.5 Å². The van der Waals surface area contributed by atoms with Crippen molar-refractivity contribution < 1.29 is 9.47 Å². The third-order valence-corrected chi connectivity index (χ3v) is 2.92. The van der Waals surface area contributed by atoms with Crippen LogP contribution in [0, 0.1) is 0 Å². The molecule has 0 radical (unpaired) electrons. The standard InChI is InChI=1S/C14H16O2/c1-15-14(16-2)10-6-9-13(11-14)12-7-4-3-5-8-12/h3-10H,11H2,1-2H3. The Morgan fingerprint density at radius 3 is 2.38 bits per heavy atom. The van der Waals surface area contributed by atoms with Crippen LogP contribution in [-0.4, -0.2) is 20.0 Å². The van der Waals surface area contributed by atoms with Crippen LogP contribution < -0.4 is 0 Å². The molecule has 1 aliphatic rings. The lowest BCUT2D eigenvalue weighted by Gasteiger charge is -2.30. The van der Waals surface area contributed by atoms with Crippen LogP contribution >= 0.6 is 0 Å². The van der Waals surface area contributed by atoms with Gasteiger partial charge in [-0.3, -0.25) is 0 Å². The van der Waals surface area contributed by atoms with Crippen LogP contribution in [0.15, 0.2) is 48.6 Å². The van der Waals surface area contributed by atoms with Crippen molar-refractivity contribution in [2.24, 2.45) is 0 Å². The molecule has 0 atom stereocenters. The zero-order valence-electron chi connectivity index (χ0n) is 9.64. The fourth-order valence-corrected chi connectivity index (χ4v) is 1.91. The average Bonchev–Trinajstić information content (AvgIpc) is 2.40. The van der Waals surface area contributed by atoms with E-state index >= 15 is 0 Å². The molecule has 0 saturated carbocycles. The molecule has 2 heteroatoms. The highest BCUT2D eigenvalue weighted by Crippen LogP contribution is 2.32. The van der Waals surface area contributed by atoms with Gasteiger partial charge >= 0.3 is 0 Å². The van der Waals surface area contributed by atoms with Gasteiger partial charge in [0.05, 0.1) is 0 Å². The van der Waals surface area contributed by atoms with E-state index in [0.717, 1.165) is 6.42 Å². The van der Waals surface area contributed by atoms with Gasteiger partial charge in [0.15, 0.2) is 5.79 Å². The van der Waals surface area contributed by atoms with E-state index in [1.54, 1.807) is 14.2 Å². The van der Waals surface area contributed by atoms with E-state index in [4.69, 9.17) is 9.47 Å². The first-order chi connectivity index (χ1) is 7.79. The Labute approximate surface area is 96.2 Å². The van der Waals surface area contributed by atoms with Gasteiger partial charge in [-0.15, -0.1) is 0 Å². The molecule has 0 spiro atoms. The number of benzene rings is 1. The molecule has 0 bridgehead atoms. The second kappa shape index (κ2) is 4.64. The van der Waals surface area contributed by atoms with Crippen LogP contribution in [0.1, 0.15) is 12.0 Å². The summed E-state index contributed by atoms with van der Waals surface area (Å²) in [6.07, 6.45) is 6.77. The number of hydrogen-bond acceptors (Lipinski definition) is 2. The predicted octanol–water partition coefficient (Wildman–Crippen LogP) is 3.02. The van der Waals surface area contributed by atoms with E-state index in [0.29, 0.717) is 0 Å². The van der Waals surface area contributed by atoms with Crippen LogP contribution in [0.25, 0.3) is 5.57 Å². The van der Waals surface area contributed by atoms with E-state index in [1.807, 2.05) is 30.4 Å². The molecular weight excluding hydrogens is 200 g/mol. The Bertz CT molecular complexity index is 400. The quantitative estimate of drug-likeness (QED) is 0.723. The first kappa shape index (κ1) is 11.1. The topological polar surface area (TPSA) is 18.5 Å². The minimum Gasteiger partial charge on any atom is -0.349 e. The van der Waals surface area contributed by atoms with E-state index < -0.39 is 5.79 Å². The van der Waals surface area contributed by atoms with E-state index in [-0.39, 0.29) is 0 Å². The molecule has 2 nitrogen and oxygen atoms in total. The lowest BCUT2D eigenvalue weighted by atomic mass is 9.93. The third kappa shape index (κ3) is 2.08. The molecule has 84 valence electrons. The smallest absolute Gasteiger partial charge is 0.191 e. The monoisotopic (exact) mass is 216 g/mol. The van der Waals surface area contributed by atoms with Crippen LogP contribution in [0.2, 0.25) is 0 Å². The van der Waals surface area contributed by atoms with Crippen molar-refractivity contribution in [3.8, 4) is 0 Å². The van der Waals surface area contributed by atoms with Crippen molar-refractivity contribution in [2.75, 3.05) is 14.2 Å². The maximum atomic E-state index is 5.43. The Morgan fingerprint density at radius 2 is 1.75 bits per heavy atom. The maximum absolute atomic E-state index is 5.43. The van der Waals surface area contributed by atoms with Crippen molar-refractivity contribution in [1.29, 1.82) is 0 Å². The minimum absolute atomic E-state index is 0.611. The van der Waals surface area contributed by atoms with Crippen LogP contribution in [0.3, 0.4) is 0 Å². The first-order valence-electron chi connectivity index (χ1n) is 5.34. The summed E-state index contributed by atoms with van der Waals surface area (Å²) in [5.74, 6) is -0.611. The molecule has 1 aromatic rings. The van der Waals surface area contributed by atoms with Gasteiger partial charge in [0.1, 0.15) is 0 Å². The highest BCUT2D eigenvalue weighted by Gasteiger charge is 2.29. The summed E-state index contributed by atoms with van der Waals surface area (Å²) in [6.45, 7) is 0. The van der Waals surface area contributed by atoms with Gasteiger partial charge in [-0.25, -0.2) is 0 Å². The van der Waals surface area contributed by atoms with Gasteiger partial charge in [0, 0.05) is 20.6 Å². The Morgan fingerprint density at radius 1 is 1.06 bits per heavy atom. The summed E-state index contributed by atoms with van der Waals surface area (Å²) in [6, 6.07) is 10.3. The summed E-state index contributed by atoms with van der Waals surface area (Å²) in [7, 11) is 3.34. The van der Waals surface area contributed by atoms with Crippen molar-refractivity contribution in [1.82, 2.24) is 0 Å². The summed E-state index contributed by atoms with van der Waals surface area (Å²) in [5, 5.41) is 0. The molecule has 0 N–H and O–H groups in total. The molecule has 16 heavy (non-hydrogen) atoms. The SMILES string of the molecule is COC1(OC)C=CC=C(c2ccccc2)C1. The second-order valence-electron chi connectivity index (χ2n) is 3.81. The lowest BCUT2D eigenvalue weighted by molar-refractivity contribution is -0.166. The zero-order chi connectivity index (χ0) is 11.4. The average molecular weight is 216 g/mol. The van der Waals surface area contributed by atoms with E-state index in [1.165, 1.54) is 11.1 Å². The molecule has 2 rings (SSSR count). The van der Waals surface area contributed by atoms with Crippen molar-refractivity contribution in [3.63, 3.8) is 0 Å². The summed E-state index contributed by atoms with van der Waals surface area (Å²) in [5.41, 5.74) is 2.44. The molecule has 1 aliphatic carbocycles. The molecular formula is C14H16O2. The molecule has 0 aromatic heterocycles. The largest absolute Gasteiger partial charge is 0.349 e. The second-order valence-corrected chi connectivity index (χ2v) is 3.81. The van der Waals surface area contributed by atoms with Gasteiger partial charge in [-0.2, -0.15) is 0 Å². The third-order valence-electron chi connectivity index (χ3n) is 2.92. The van der Waals surface area contributed by atoms with Crippen molar-refractivity contribution in [3.05, 3.63) is 54.1 Å². The van der Waals surface area contributed by atoms with E-state index in [9.17, 15) is 0 Å². The fraction of sp³-hybridized carbons (Fsp3) is 0.286. The molecule has 0 amide bonds. The summed E-state index contributed by atoms with van der Waals surface area (Å²) in [4.78, 5) is 0. The summed E-state index contributed by atoms with van der Waals surface area (Å²) >= 11 is 0. The number of ether oxygens (including phenoxy) is 2. The van der Waals surface area contributed by atoms with Crippen molar-refractivity contribution in [2.45, 2.75) is 12.2 Å². The number of rotatable bonds is 3. The summed E-state index contributed by atoms with van der Waals surface area (Å²) < 4.78 is 10.9. The predicted molar refractivity (Wildman–Crippen MR) is 64.9 cm³/mol. The normalized spacial score (nSPS) is 18.2. The van der Waals surface area contributed by atoms with Crippen LogP contribution in [0.4, 0.5) is 0 Å². The lowest BCUT2D eigenvalue weighted by Crippen LogP contribution is -2.32. The molecule has 0 aliphatic heterocycles. The minimum atomic E-state index is -0.611. The van der Waals surface area contributed by atoms with Gasteiger partial charge in [-0.05, 0) is 17.2 Å². The van der Waals surface area contributed by atoms with Crippen LogP contribution in [0.5, 0.6) is 0 Å². The Balaban J connectivity index is 2.26. The Hall–Kier alpha value is -1.38. The van der Waals surface area contributed by atoms with Crippen LogP contribution in [-0.2, 0) is 9.47 Å². The highest BCUT2D eigenvalue weighted by molar-refractivity contribution is 5.69. The number of methoxy groups -OCH3 is 2. The Kier molecular flexibility index (Phi) is 3.22. The van der Waals surface area contributed by atoms with E-state index in [2.05, 4.69) is 18.2 Å². The first-order valence-corrected chi connectivity index (χ1v) is 5.34. The zero-order valence-corrected chi connectivity index (χ0v) is 9.64. The highest BCUT2D eigenvalue weighted by atomic mass is 16.7. The van der Waals surface area contributed by atoms with Gasteiger partial charge < -0.3 is 9.47 Å². The molecule has 0 heterocycles.